The highest BCUT2D eigenvalue weighted by molar-refractivity contribution is 5.37. The van der Waals surface area contributed by atoms with Gasteiger partial charge in [-0.25, -0.2) is 4.79 Å². The Labute approximate surface area is 103 Å². The molecular formula is C13H12N2O3. The highest BCUT2D eigenvalue weighted by Crippen LogP contribution is 2.28. The summed E-state index contributed by atoms with van der Waals surface area (Å²) in [7, 11) is 0. The van der Waals surface area contributed by atoms with Crippen molar-refractivity contribution in [2.24, 2.45) is 0 Å². The average molecular weight is 244 g/mol. The zero-order valence-electron chi connectivity index (χ0n) is 9.63. The van der Waals surface area contributed by atoms with Crippen molar-refractivity contribution in [3.05, 3.63) is 62.9 Å². The lowest BCUT2D eigenvalue weighted by atomic mass is 10.1. The molecular weight excluding hydrogens is 232 g/mol. The van der Waals surface area contributed by atoms with Crippen LogP contribution in [0.3, 0.4) is 0 Å². The van der Waals surface area contributed by atoms with Crippen molar-refractivity contribution >= 4 is 0 Å². The lowest BCUT2D eigenvalue weighted by Gasteiger charge is -2.11. The molecule has 0 saturated carbocycles. The van der Waals surface area contributed by atoms with Gasteiger partial charge in [0, 0.05) is 18.7 Å². The van der Waals surface area contributed by atoms with E-state index in [2.05, 4.69) is 4.98 Å². The van der Waals surface area contributed by atoms with Gasteiger partial charge >= 0.3 is 5.69 Å². The molecule has 0 saturated heterocycles. The number of para-hydroxylation sites is 1. The van der Waals surface area contributed by atoms with Gasteiger partial charge < -0.3 is 4.74 Å². The van der Waals surface area contributed by atoms with Crippen molar-refractivity contribution in [1.82, 2.24) is 9.55 Å². The van der Waals surface area contributed by atoms with E-state index in [4.69, 9.17) is 4.74 Å². The highest BCUT2D eigenvalue weighted by atomic mass is 16.5. The SMILES string of the molecule is O=c1ccn(CC2Cc3ccccc3O2)c(=O)[nH]1. The van der Waals surface area contributed by atoms with Crippen molar-refractivity contribution in [3.63, 3.8) is 0 Å². The predicted molar refractivity (Wildman–Crippen MR) is 65.9 cm³/mol. The van der Waals surface area contributed by atoms with Crippen LogP contribution >= 0.6 is 0 Å². The minimum absolute atomic E-state index is 0.0639. The minimum atomic E-state index is -0.401. The minimum Gasteiger partial charge on any atom is -0.488 e. The number of nitrogens with zero attached hydrogens (tertiary/aromatic N) is 1. The number of ether oxygens (including phenoxy) is 1. The average Bonchev–Trinajstić information content (AvgIpc) is 2.75. The molecule has 0 bridgehead atoms. The molecule has 2 aromatic rings. The fourth-order valence-electron chi connectivity index (χ4n) is 2.16. The first-order chi connectivity index (χ1) is 8.72. The van der Waals surface area contributed by atoms with Gasteiger partial charge in [-0.15, -0.1) is 0 Å². The van der Waals surface area contributed by atoms with Crippen molar-refractivity contribution in [1.29, 1.82) is 0 Å². The number of fused-ring (bicyclic) bond motifs is 1. The smallest absolute Gasteiger partial charge is 0.328 e. The molecule has 0 aliphatic carbocycles. The summed E-state index contributed by atoms with van der Waals surface area (Å²) in [5, 5.41) is 0. The van der Waals surface area contributed by atoms with Crippen molar-refractivity contribution in [2.75, 3.05) is 0 Å². The summed E-state index contributed by atoms with van der Waals surface area (Å²) in [6.45, 7) is 0.435. The number of hydrogen-bond acceptors (Lipinski definition) is 3. The van der Waals surface area contributed by atoms with Gasteiger partial charge in [-0.05, 0) is 11.6 Å². The van der Waals surface area contributed by atoms with Crippen LogP contribution in [0.2, 0.25) is 0 Å². The molecule has 1 aliphatic rings. The quantitative estimate of drug-likeness (QED) is 0.838. The fraction of sp³-hybridized carbons (Fsp3) is 0.231. The zero-order chi connectivity index (χ0) is 12.5. The Bertz CT molecular complexity index is 662. The molecule has 1 aliphatic heterocycles. The van der Waals surface area contributed by atoms with E-state index < -0.39 is 5.69 Å². The summed E-state index contributed by atoms with van der Waals surface area (Å²) in [5.41, 5.74) is 0.369. The van der Waals surface area contributed by atoms with Crippen LogP contribution in [0, 0.1) is 0 Å². The fourth-order valence-corrected chi connectivity index (χ4v) is 2.16. The lowest BCUT2D eigenvalue weighted by molar-refractivity contribution is 0.206. The van der Waals surface area contributed by atoms with E-state index in [1.807, 2.05) is 24.3 Å². The molecule has 1 N–H and O–H groups in total. The Morgan fingerprint density at radius 2 is 2.11 bits per heavy atom. The third-order valence-corrected chi connectivity index (χ3v) is 3.01. The van der Waals surface area contributed by atoms with E-state index in [0.29, 0.717) is 6.54 Å². The molecule has 1 unspecified atom stereocenters. The molecule has 5 heteroatoms. The zero-order valence-corrected chi connectivity index (χ0v) is 9.63. The summed E-state index contributed by atoms with van der Waals surface area (Å²) in [6, 6.07) is 9.17. The number of H-pyrrole nitrogens is 1. The van der Waals surface area contributed by atoms with Crippen molar-refractivity contribution in [2.45, 2.75) is 19.1 Å². The van der Waals surface area contributed by atoms with Crippen LogP contribution in [0.1, 0.15) is 5.56 Å². The monoisotopic (exact) mass is 244 g/mol. The number of aromatic nitrogens is 2. The number of nitrogens with one attached hydrogen (secondary N) is 1. The third-order valence-electron chi connectivity index (χ3n) is 3.01. The summed E-state index contributed by atoms with van der Waals surface area (Å²) < 4.78 is 7.20. The standard InChI is InChI=1S/C13H12N2O3/c16-12-5-6-15(13(17)14-12)8-10-7-9-3-1-2-4-11(9)18-10/h1-6,10H,7-8H2,(H,14,16,17). The highest BCUT2D eigenvalue weighted by Gasteiger charge is 2.22. The first kappa shape index (κ1) is 10.8. The molecule has 1 aromatic heterocycles. The Hall–Kier alpha value is -2.30. The number of aromatic amines is 1. The summed E-state index contributed by atoms with van der Waals surface area (Å²) in [6.07, 6.45) is 2.21. The second-order valence-corrected chi connectivity index (χ2v) is 4.31. The van der Waals surface area contributed by atoms with E-state index in [1.165, 1.54) is 16.8 Å². The summed E-state index contributed by atoms with van der Waals surface area (Å²) >= 11 is 0. The van der Waals surface area contributed by atoms with Crippen LogP contribution in [0.5, 0.6) is 5.75 Å². The molecule has 2 heterocycles. The van der Waals surface area contributed by atoms with E-state index in [-0.39, 0.29) is 11.7 Å². The first-order valence-electron chi connectivity index (χ1n) is 5.77. The van der Waals surface area contributed by atoms with E-state index in [1.54, 1.807) is 0 Å². The molecule has 3 rings (SSSR count). The van der Waals surface area contributed by atoms with Gasteiger partial charge in [0.05, 0.1) is 6.54 Å². The van der Waals surface area contributed by atoms with Gasteiger partial charge in [-0.1, -0.05) is 18.2 Å². The van der Waals surface area contributed by atoms with E-state index in [0.717, 1.165) is 17.7 Å². The van der Waals surface area contributed by atoms with Crippen LogP contribution in [0.25, 0.3) is 0 Å². The lowest BCUT2D eigenvalue weighted by Crippen LogP contribution is -2.33. The molecule has 5 nitrogen and oxygen atoms in total. The van der Waals surface area contributed by atoms with Gasteiger partial charge in [0.2, 0.25) is 0 Å². The molecule has 0 amide bonds. The molecule has 0 radical (unpaired) electrons. The van der Waals surface area contributed by atoms with Crippen LogP contribution in [-0.2, 0) is 13.0 Å². The molecule has 0 fully saturated rings. The van der Waals surface area contributed by atoms with Gasteiger partial charge in [0.25, 0.3) is 5.56 Å². The van der Waals surface area contributed by atoms with Crippen molar-refractivity contribution < 1.29 is 4.74 Å². The Kier molecular flexibility index (Phi) is 2.51. The molecule has 0 spiro atoms. The Morgan fingerprint density at radius 3 is 2.89 bits per heavy atom. The maximum atomic E-state index is 11.6. The van der Waals surface area contributed by atoms with Crippen LogP contribution in [0.15, 0.2) is 46.1 Å². The summed E-state index contributed by atoms with van der Waals surface area (Å²) in [4.78, 5) is 24.7. The van der Waals surface area contributed by atoms with Crippen LogP contribution in [0.4, 0.5) is 0 Å². The van der Waals surface area contributed by atoms with Crippen molar-refractivity contribution in [3.8, 4) is 5.75 Å². The second-order valence-electron chi connectivity index (χ2n) is 4.31. The Balaban J connectivity index is 1.80. The largest absolute Gasteiger partial charge is 0.488 e. The van der Waals surface area contributed by atoms with E-state index in [9.17, 15) is 9.59 Å². The third kappa shape index (κ3) is 1.95. The second kappa shape index (κ2) is 4.18. The Morgan fingerprint density at radius 1 is 1.28 bits per heavy atom. The normalized spacial score (nSPS) is 17.2. The molecule has 1 atom stereocenters. The molecule has 1 aromatic carbocycles. The van der Waals surface area contributed by atoms with Crippen LogP contribution < -0.4 is 16.0 Å². The van der Waals surface area contributed by atoms with Gasteiger partial charge in [-0.2, -0.15) is 0 Å². The molecule has 18 heavy (non-hydrogen) atoms. The van der Waals surface area contributed by atoms with Gasteiger partial charge in [-0.3, -0.25) is 14.3 Å². The number of hydrogen-bond donors (Lipinski definition) is 1. The number of rotatable bonds is 2. The predicted octanol–water partition coefficient (Wildman–Crippen LogP) is 0.540. The van der Waals surface area contributed by atoms with Crippen LogP contribution in [-0.4, -0.2) is 15.7 Å². The first-order valence-corrected chi connectivity index (χ1v) is 5.77. The summed E-state index contributed by atoms with van der Waals surface area (Å²) in [5.74, 6) is 0.875. The maximum absolute atomic E-state index is 11.6. The topological polar surface area (TPSA) is 64.1 Å². The maximum Gasteiger partial charge on any atom is 0.328 e. The molecule has 92 valence electrons. The van der Waals surface area contributed by atoms with E-state index >= 15 is 0 Å². The van der Waals surface area contributed by atoms with Gasteiger partial charge in [0.1, 0.15) is 11.9 Å². The number of benzene rings is 1. The van der Waals surface area contributed by atoms with Gasteiger partial charge in [0.15, 0.2) is 0 Å².